The van der Waals surface area contributed by atoms with Gasteiger partial charge in [-0.15, -0.1) is 0 Å². The van der Waals surface area contributed by atoms with Gasteiger partial charge in [-0.25, -0.2) is 0 Å². The second-order valence-corrected chi connectivity index (χ2v) is 13.2. The van der Waals surface area contributed by atoms with Gasteiger partial charge in [-0.2, -0.15) is 0 Å². The minimum atomic E-state index is -2.77. The summed E-state index contributed by atoms with van der Waals surface area (Å²) in [5.74, 6) is -10.3. The van der Waals surface area contributed by atoms with E-state index in [1.54, 1.807) is 27.3 Å². The largest absolute Gasteiger partial charge is 0.507 e. The number of ketones is 4. The van der Waals surface area contributed by atoms with Gasteiger partial charge in [0.05, 0.1) is 24.6 Å². The fourth-order valence-corrected chi connectivity index (χ4v) is 8.04. The van der Waals surface area contributed by atoms with Crippen LogP contribution in [0.25, 0.3) is 11.1 Å². The molecular formula is C37H39N3O8. The van der Waals surface area contributed by atoms with E-state index in [1.165, 1.54) is 16.5 Å². The number of likely N-dealkylation sites (N-methyl/N-ethyl adjacent to an activating group) is 1. The van der Waals surface area contributed by atoms with Crippen molar-refractivity contribution in [2.45, 2.75) is 37.5 Å². The summed E-state index contributed by atoms with van der Waals surface area (Å²) in [7, 11) is 4.66. The highest BCUT2D eigenvalue weighted by molar-refractivity contribution is 6.32. The van der Waals surface area contributed by atoms with E-state index >= 15 is 0 Å². The number of carbonyl (C=O) groups is 5. The van der Waals surface area contributed by atoms with E-state index in [2.05, 4.69) is 17.4 Å². The first-order valence-electron chi connectivity index (χ1n) is 16.0. The Kier molecular flexibility index (Phi) is 8.80. The smallest absolute Gasteiger partial charge is 0.235 e. The summed E-state index contributed by atoms with van der Waals surface area (Å²) >= 11 is 0. The maximum atomic E-state index is 14.2. The van der Waals surface area contributed by atoms with E-state index in [-0.39, 0.29) is 24.2 Å². The molecule has 2 unspecified atom stereocenters. The number of amides is 1. The lowest BCUT2D eigenvalue weighted by atomic mass is 9.52. The van der Waals surface area contributed by atoms with E-state index < -0.39 is 64.4 Å². The summed E-state index contributed by atoms with van der Waals surface area (Å²) in [5.41, 5.74) is 6.61. The number of carbonyl (C=O) groups excluding carboxylic acids is 5. The third kappa shape index (κ3) is 5.32. The zero-order chi connectivity index (χ0) is 34.5. The third-order valence-electron chi connectivity index (χ3n) is 10.3. The Morgan fingerprint density at radius 1 is 1.00 bits per heavy atom. The van der Waals surface area contributed by atoms with Gasteiger partial charge in [-0.05, 0) is 86.3 Å². The van der Waals surface area contributed by atoms with Crippen molar-refractivity contribution in [3.05, 3.63) is 82.9 Å². The molecule has 0 aromatic heterocycles. The number of fused-ring (bicyclic) bond motifs is 3. The molecule has 2 fully saturated rings. The molecule has 3 aromatic carbocycles. The average molecular weight is 654 g/mol. The lowest BCUT2D eigenvalue weighted by Gasteiger charge is -2.52. The van der Waals surface area contributed by atoms with Gasteiger partial charge in [0.1, 0.15) is 11.5 Å². The second kappa shape index (κ2) is 12.7. The Bertz CT molecular complexity index is 1820. The summed E-state index contributed by atoms with van der Waals surface area (Å²) in [4.78, 5) is 68.9. The van der Waals surface area contributed by atoms with E-state index in [1.807, 2.05) is 36.4 Å². The molecule has 0 saturated heterocycles. The number of hydrogen-bond donors (Lipinski definition) is 4. The van der Waals surface area contributed by atoms with Crippen LogP contribution < -0.4 is 15.8 Å². The normalized spacial score (nSPS) is 26.6. The number of ether oxygens (including phenoxy) is 1. The summed E-state index contributed by atoms with van der Waals surface area (Å²) in [5, 5.41) is 26.3. The Labute approximate surface area is 278 Å². The van der Waals surface area contributed by atoms with E-state index in [4.69, 9.17) is 10.5 Å². The molecule has 0 bridgehead atoms. The van der Waals surface area contributed by atoms with Crippen LogP contribution in [0.1, 0.15) is 33.5 Å². The number of nitrogens with zero attached hydrogens (tertiary/aromatic N) is 1. The molecule has 3 aliphatic rings. The molecule has 11 nitrogen and oxygen atoms in total. The topological polar surface area (TPSA) is 176 Å². The predicted molar refractivity (Wildman–Crippen MR) is 175 cm³/mol. The molecule has 11 heteroatoms. The number of benzene rings is 3. The van der Waals surface area contributed by atoms with Crippen LogP contribution in [0.15, 0.2) is 60.7 Å². The maximum absolute atomic E-state index is 14.2. The summed E-state index contributed by atoms with van der Waals surface area (Å²) < 4.78 is 5.71. The van der Waals surface area contributed by atoms with Gasteiger partial charge in [-0.3, -0.25) is 28.9 Å². The molecule has 0 radical (unpaired) electrons. The standard InChI is InChI=1S/C37H39N3O8/c1-40(2)31-25-17-21-16-24-22(23-15-20(9-12-27(23)48-3)18-39-14-13-19-7-5-4-6-8-19)10-11-26(41)29(24)32(42)28(21)34(44)37(25,47)35(45)30(33(31)43)36(38)46/h4-12,15,21,25,28,30-31,39,41,47H,13-14,16-18H2,1-3H3,(H2,38,46)/t21-,25-,28?,30?,31-,37-/m1/s1. The van der Waals surface area contributed by atoms with Crippen LogP contribution in [-0.2, 0) is 38.6 Å². The Hall–Kier alpha value is -4.71. The van der Waals surface area contributed by atoms with Crippen molar-refractivity contribution in [2.75, 3.05) is 27.7 Å². The van der Waals surface area contributed by atoms with E-state index in [0.717, 1.165) is 18.5 Å². The van der Waals surface area contributed by atoms with Crippen LogP contribution in [0.5, 0.6) is 11.5 Å². The summed E-state index contributed by atoms with van der Waals surface area (Å²) in [6, 6.07) is 17.8. The van der Waals surface area contributed by atoms with Crippen LogP contribution in [0.2, 0.25) is 0 Å². The zero-order valence-corrected chi connectivity index (χ0v) is 27.1. The van der Waals surface area contributed by atoms with Crippen molar-refractivity contribution in [1.29, 1.82) is 0 Å². The Balaban J connectivity index is 1.36. The second-order valence-electron chi connectivity index (χ2n) is 13.2. The number of nitrogens with two attached hydrogens (primary N) is 1. The number of phenols is 1. The lowest BCUT2D eigenvalue weighted by molar-refractivity contribution is -0.181. The lowest BCUT2D eigenvalue weighted by Crippen LogP contribution is -2.74. The SMILES string of the molecule is COc1ccc(CNCCc2ccccc2)cc1-c1ccc(O)c2c1C[C@@H]1C[C@@H]3[C@@H](N(C)C)C(=O)C(C(N)=O)C(=O)[C@]3(O)C(=O)C1C2=O. The molecule has 5 N–H and O–H groups in total. The molecule has 0 aliphatic heterocycles. The van der Waals surface area contributed by atoms with Gasteiger partial charge in [0.25, 0.3) is 0 Å². The van der Waals surface area contributed by atoms with E-state index in [9.17, 15) is 34.2 Å². The quantitative estimate of drug-likeness (QED) is 0.197. The average Bonchev–Trinajstić information content (AvgIpc) is 3.05. The van der Waals surface area contributed by atoms with Crippen LogP contribution in [0, 0.1) is 23.7 Å². The zero-order valence-electron chi connectivity index (χ0n) is 27.1. The third-order valence-corrected chi connectivity index (χ3v) is 10.3. The molecule has 1 amide bonds. The molecule has 250 valence electrons. The summed E-state index contributed by atoms with van der Waals surface area (Å²) in [6.07, 6.45) is 0.990. The fourth-order valence-electron chi connectivity index (χ4n) is 8.04. The first-order chi connectivity index (χ1) is 22.9. The van der Waals surface area contributed by atoms with Gasteiger partial charge in [0.2, 0.25) is 5.91 Å². The van der Waals surface area contributed by atoms with Crippen molar-refractivity contribution >= 4 is 29.0 Å². The fraction of sp³-hybridized carbons (Fsp3) is 0.378. The first-order valence-corrected chi connectivity index (χ1v) is 16.0. The number of Topliss-reactive ketones (excluding diaryl/α,β-unsaturated/α-hetero) is 4. The van der Waals surface area contributed by atoms with Gasteiger partial charge < -0.3 is 26.0 Å². The minimum absolute atomic E-state index is 0.0263. The molecule has 0 heterocycles. The highest BCUT2D eigenvalue weighted by atomic mass is 16.5. The number of aliphatic hydroxyl groups is 1. The van der Waals surface area contributed by atoms with Gasteiger partial charge in [0.15, 0.2) is 34.7 Å². The highest BCUT2D eigenvalue weighted by Crippen LogP contribution is 2.52. The van der Waals surface area contributed by atoms with Crippen molar-refractivity contribution in [1.82, 2.24) is 10.2 Å². The number of nitrogens with one attached hydrogen (secondary N) is 1. The van der Waals surface area contributed by atoms with Gasteiger partial charge in [0, 0.05) is 18.0 Å². The molecule has 3 aromatic rings. The number of rotatable bonds is 9. The van der Waals surface area contributed by atoms with Crippen LogP contribution >= 0.6 is 0 Å². The molecule has 3 aliphatic carbocycles. The van der Waals surface area contributed by atoms with Gasteiger partial charge in [-0.1, -0.05) is 42.5 Å². The monoisotopic (exact) mass is 653 g/mol. The molecule has 6 atom stereocenters. The maximum Gasteiger partial charge on any atom is 0.235 e. The summed E-state index contributed by atoms with van der Waals surface area (Å²) in [6.45, 7) is 1.33. The predicted octanol–water partition coefficient (Wildman–Crippen LogP) is 1.87. The number of primary amides is 1. The number of aromatic hydroxyl groups is 1. The molecule has 6 rings (SSSR count). The molecule has 0 spiro atoms. The Morgan fingerprint density at radius 3 is 2.40 bits per heavy atom. The van der Waals surface area contributed by atoms with Gasteiger partial charge >= 0.3 is 0 Å². The first kappa shape index (κ1) is 33.2. The van der Waals surface area contributed by atoms with Crippen LogP contribution in [0.3, 0.4) is 0 Å². The van der Waals surface area contributed by atoms with Crippen molar-refractivity contribution in [2.24, 2.45) is 29.4 Å². The van der Waals surface area contributed by atoms with Crippen molar-refractivity contribution in [3.8, 4) is 22.6 Å². The number of phenolic OH excluding ortho intramolecular Hbond substituents is 1. The highest BCUT2D eigenvalue weighted by Gasteiger charge is 2.69. The van der Waals surface area contributed by atoms with Crippen molar-refractivity contribution < 1.29 is 38.9 Å². The van der Waals surface area contributed by atoms with E-state index in [0.29, 0.717) is 29.0 Å². The molecule has 48 heavy (non-hydrogen) atoms. The number of methoxy groups -OCH3 is 1. The van der Waals surface area contributed by atoms with Crippen LogP contribution in [0.4, 0.5) is 0 Å². The van der Waals surface area contributed by atoms with Crippen LogP contribution in [-0.4, -0.2) is 83.5 Å². The molecule has 2 saturated carbocycles. The van der Waals surface area contributed by atoms with Crippen molar-refractivity contribution in [3.63, 3.8) is 0 Å². The number of hydrogen-bond acceptors (Lipinski definition) is 10. The minimum Gasteiger partial charge on any atom is -0.507 e. The molecular weight excluding hydrogens is 614 g/mol. The Morgan fingerprint density at radius 2 is 1.73 bits per heavy atom.